The van der Waals surface area contributed by atoms with Crippen LogP contribution in [0.25, 0.3) is 0 Å². The molecule has 5 heteroatoms. The van der Waals surface area contributed by atoms with Crippen molar-refractivity contribution in [1.29, 1.82) is 0 Å². The van der Waals surface area contributed by atoms with Crippen molar-refractivity contribution in [2.45, 2.75) is 38.1 Å². The summed E-state index contributed by atoms with van der Waals surface area (Å²) in [6, 6.07) is 6.15. The minimum Gasteiger partial charge on any atom is -0.370 e. The minimum atomic E-state index is 0. The highest BCUT2D eigenvalue weighted by molar-refractivity contribution is 14.0. The zero-order valence-electron chi connectivity index (χ0n) is 10.3. The fourth-order valence-electron chi connectivity index (χ4n) is 2.89. The van der Waals surface area contributed by atoms with Gasteiger partial charge in [0, 0.05) is 6.20 Å². The van der Waals surface area contributed by atoms with Crippen LogP contribution in [-0.4, -0.2) is 17.0 Å². The molecule has 2 aliphatic carbocycles. The van der Waals surface area contributed by atoms with E-state index in [0.29, 0.717) is 17.4 Å². The Kier molecular flexibility index (Phi) is 4.09. The maximum atomic E-state index is 5.90. The van der Waals surface area contributed by atoms with Crippen molar-refractivity contribution >= 4 is 35.8 Å². The van der Waals surface area contributed by atoms with Gasteiger partial charge in [0.15, 0.2) is 5.96 Å². The molecular formula is C13H19IN4. The second kappa shape index (κ2) is 5.42. The van der Waals surface area contributed by atoms with Gasteiger partial charge < -0.3 is 11.1 Å². The molecule has 3 N–H and O–H groups in total. The number of guanidine groups is 1. The number of nitrogens with two attached hydrogens (primary N) is 1. The van der Waals surface area contributed by atoms with Crippen molar-refractivity contribution in [1.82, 2.24) is 4.98 Å². The molecule has 1 atom stereocenters. The monoisotopic (exact) mass is 358 g/mol. The molecule has 3 rings (SSSR count). The third-order valence-electron chi connectivity index (χ3n) is 3.96. The van der Waals surface area contributed by atoms with Crippen LogP contribution in [0.5, 0.6) is 0 Å². The van der Waals surface area contributed by atoms with Gasteiger partial charge in [-0.05, 0) is 36.8 Å². The molecule has 2 aliphatic rings. The van der Waals surface area contributed by atoms with E-state index in [1.807, 2.05) is 18.2 Å². The molecule has 0 saturated heterocycles. The lowest BCUT2D eigenvalue weighted by molar-refractivity contribution is 0.511. The lowest BCUT2D eigenvalue weighted by Gasteiger charge is -2.06. The highest BCUT2D eigenvalue weighted by atomic mass is 127. The van der Waals surface area contributed by atoms with E-state index in [1.54, 1.807) is 6.20 Å². The second-order valence-electron chi connectivity index (χ2n) is 5.14. The molecule has 4 nitrogen and oxygen atoms in total. The third kappa shape index (κ3) is 2.76. The van der Waals surface area contributed by atoms with Gasteiger partial charge in [0.25, 0.3) is 0 Å². The van der Waals surface area contributed by atoms with Crippen LogP contribution in [0, 0.1) is 5.41 Å². The van der Waals surface area contributed by atoms with Gasteiger partial charge in [0.1, 0.15) is 5.82 Å². The number of rotatable bonds is 2. The Morgan fingerprint density at radius 1 is 1.39 bits per heavy atom. The fourth-order valence-corrected chi connectivity index (χ4v) is 2.89. The zero-order chi connectivity index (χ0) is 11.7. The first-order valence-electron chi connectivity index (χ1n) is 6.30. The number of nitrogens with zero attached hydrogens (tertiary/aromatic N) is 2. The second-order valence-corrected chi connectivity index (χ2v) is 5.14. The Hall–Kier alpha value is -0.850. The predicted molar refractivity (Wildman–Crippen MR) is 84.2 cm³/mol. The topological polar surface area (TPSA) is 63.3 Å². The Morgan fingerprint density at radius 3 is 2.83 bits per heavy atom. The SMILES string of the molecule is I.NC(=NC1CC12CCCC2)Nc1ccccn1. The molecule has 0 aromatic carbocycles. The van der Waals surface area contributed by atoms with Crippen LogP contribution in [0.3, 0.4) is 0 Å². The molecule has 1 aromatic heterocycles. The molecule has 0 aliphatic heterocycles. The van der Waals surface area contributed by atoms with Crippen molar-refractivity contribution in [2.24, 2.45) is 16.1 Å². The lowest BCUT2D eigenvalue weighted by atomic mass is 10.1. The lowest BCUT2D eigenvalue weighted by Crippen LogP contribution is -2.24. The number of pyridine rings is 1. The first-order valence-corrected chi connectivity index (χ1v) is 6.30. The molecule has 0 radical (unpaired) electrons. The van der Waals surface area contributed by atoms with Gasteiger partial charge >= 0.3 is 0 Å². The molecule has 1 spiro atoms. The number of halogens is 1. The van der Waals surface area contributed by atoms with Gasteiger partial charge in [-0.1, -0.05) is 18.9 Å². The van der Waals surface area contributed by atoms with Gasteiger partial charge in [-0.2, -0.15) is 0 Å². The van der Waals surface area contributed by atoms with Gasteiger partial charge in [-0.3, -0.25) is 0 Å². The number of hydrogen-bond acceptors (Lipinski definition) is 2. The summed E-state index contributed by atoms with van der Waals surface area (Å²) in [4.78, 5) is 8.73. The van der Waals surface area contributed by atoms with E-state index in [1.165, 1.54) is 32.1 Å². The average Bonchev–Trinajstić information content (AvgIpc) is 2.76. The highest BCUT2D eigenvalue weighted by Gasteiger charge is 2.55. The summed E-state index contributed by atoms with van der Waals surface area (Å²) in [5.74, 6) is 1.26. The summed E-state index contributed by atoms with van der Waals surface area (Å²) in [5, 5.41) is 3.04. The number of aliphatic imine (C=N–C) groups is 1. The Bertz CT molecular complexity index is 426. The molecule has 0 amide bonds. The van der Waals surface area contributed by atoms with Crippen molar-refractivity contribution in [3.63, 3.8) is 0 Å². The summed E-state index contributed by atoms with van der Waals surface area (Å²) < 4.78 is 0. The first kappa shape index (κ1) is 13.6. The average molecular weight is 358 g/mol. The summed E-state index contributed by atoms with van der Waals surface area (Å²) in [6.45, 7) is 0. The maximum absolute atomic E-state index is 5.90. The molecule has 2 fully saturated rings. The Morgan fingerprint density at radius 2 is 2.17 bits per heavy atom. The molecule has 0 bridgehead atoms. The standard InChI is InChI=1S/C13H18N4.HI/c14-12(17-11-5-1-4-8-15-11)16-10-9-13(10)6-2-3-7-13;/h1,4-5,8,10H,2-3,6-7,9H2,(H3,14,15,16,17);1H. The van der Waals surface area contributed by atoms with Gasteiger partial charge in [0.05, 0.1) is 6.04 Å². The van der Waals surface area contributed by atoms with E-state index < -0.39 is 0 Å². The fraction of sp³-hybridized carbons (Fsp3) is 0.538. The Labute approximate surface area is 124 Å². The van der Waals surface area contributed by atoms with E-state index in [0.717, 1.165) is 5.82 Å². The number of nitrogens with one attached hydrogen (secondary N) is 1. The first-order chi connectivity index (χ1) is 8.28. The molecule has 2 saturated carbocycles. The van der Waals surface area contributed by atoms with Crippen molar-refractivity contribution < 1.29 is 0 Å². The highest BCUT2D eigenvalue weighted by Crippen LogP contribution is 2.59. The number of anilines is 1. The largest absolute Gasteiger partial charge is 0.370 e. The molecular weight excluding hydrogens is 339 g/mol. The Balaban J connectivity index is 0.00000120. The normalized spacial score (nSPS) is 24.7. The molecule has 1 heterocycles. The van der Waals surface area contributed by atoms with Crippen molar-refractivity contribution in [3.8, 4) is 0 Å². The van der Waals surface area contributed by atoms with Crippen molar-refractivity contribution in [2.75, 3.05) is 5.32 Å². The van der Waals surface area contributed by atoms with Crippen LogP contribution in [0.15, 0.2) is 29.4 Å². The summed E-state index contributed by atoms with van der Waals surface area (Å²) in [6.07, 6.45) is 8.35. The molecule has 1 unspecified atom stereocenters. The predicted octanol–water partition coefficient (Wildman–Crippen LogP) is 2.76. The van der Waals surface area contributed by atoms with E-state index in [4.69, 9.17) is 5.73 Å². The van der Waals surface area contributed by atoms with E-state index in [-0.39, 0.29) is 24.0 Å². The van der Waals surface area contributed by atoms with Gasteiger partial charge in [0.2, 0.25) is 0 Å². The quantitative estimate of drug-likeness (QED) is 0.486. The molecule has 1 aromatic rings. The maximum Gasteiger partial charge on any atom is 0.194 e. The number of aromatic nitrogens is 1. The van der Waals surface area contributed by atoms with Crippen LogP contribution in [-0.2, 0) is 0 Å². The van der Waals surface area contributed by atoms with Gasteiger partial charge in [-0.15, -0.1) is 24.0 Å². The van der Waals surface area contributed by atoms with Crippen LogP contribution < -0.4 is 11.1 Å². The zero-order valence-corrected chi connectivity index (χ0v) is 12.6. The third-order valence-corrected chi connectivity index (χ3v) is 3.96. The van der Waals surface area contributed by atoms with Gasteiger partial charge in [-0.25, -0.2) is 9.98 Å². The summed E-state index contributed by atoms with van der Waals surface area (Å²) in [5.41, 5.74) is 6.41. The minimum absolute atomic E-state index is 0. The summed E-state index contributed by atoms with van der Waals surface area (Å²) >= 11 is 0. The molecule has 18 heavy (non-hydrogen) atoms. The van der Waals surface area contributed by atoms with E-state index in [2.05, 4.69) is 15.3 Å². The van der Waals surface area contributed by atoms with E-state index in [9.17, 15) is 0 Å². The van der Waals surface area contributed by atoms with Crippen LogP contribution >= 0.6 is 24.0 Å². The van der Waals surface area contributed by atoms with Crippen LogP contribution in [0.1, 0.15) is 32.1 Å². The van der Waals surface area contributed by atoms with Crippen molar-refractivity contribution in [3.05, 3.63) is 24.4 Å². The van der Waals surface area contributed by atoms with Crippen LogP contribution in [0.4, 0.5) is 5.82 Å². The smallest absolute Gasteiger partial charge is 0.194 e. The summed E-state index contributed by atoms with van der Waals surface area (Å²) in [7, 11) is 0. The number of hydrogen-bond donors (Lipinski definition) is 2. The van der Waals surface area contributed by atoms with Crippen LogP contribution in [0.2, 0.25) is 0 Å². The molecule has 98 valence electrons. The van der Waals surface area contributed by atoms with E-state index >= 15 is 0 Å².